The SMILES string of the molecule is CC(C)N(CC(=O)O)C(=O)N1CCNC(=O)CC1. The highest BCUT2D eigenvalue weighted by Crippen LogP contribution is 2.07. The molecule has 0 aliphatic carbocycles. The number of nitrogens with zero attached hydrogens (tertiary/aromatic N) is 2. The monoisotopic (exact) mass is 257 g/mol. The van der Waals surface area contributed by atoms with E-state index in [0.717, 1.165) is 0 Å². The summed E-state index contributed by atoms with van der Waals surface area (Å²) in [7, 11) is 0. The van der Waals surface area contributed by atoms with Crippen molar-refractivity contribution in [2.75, 3.05) is 26.2 Å². The maximum atomic E-state index is 12.2. The lowest BCUT2D eigenvalue weighted by Crippen LogP contribution is -2.49. The van der Waals surface area contributed by atoms with Gasteiger partial charge in [-0.3, -0.25) is 9.59 Å². The average Bonchev–Trinajstić information content (AvgIpc) is 2.49. The van der Waals surface area contributed by atoms with E-state index in [2.05, 4.69) is 5.32 Å². The molecule has 3 amide bonds. The van der Waals surface area contributed by atoms with Gasteiger partial charge < -0.3 is 20.2 Å². The summed E-state index contributed by atoms with van der Waals surface area (Å²) in [6.45, 7) is 4.35. The first kappa shape index (κ1) is 14.3. The van der Waals surface area contributed by atoms with Crippen molar-refractivity contribution in [1.29, 1.82) is 0 Å². The lowest BCUT2D eigenvalue weighted by Gasteiger charge is -2.31. The van der Waals surface area contributed by atoms with Crippen LogP contribution in [-0.2, 0) is 9.59 Å². The first-order valence-corrected chi connectivity index (χ1v) is 5.96. The lowest BCUT2D eigenvalue weighted by molar-refractivity contribution is -0.138. The molecule has 18 heavy (non-hydrogen) atoms. The standard InChI is InChI=1S/C11H19N3O4/c1-8(2)14(7-10(16)17)11(18)13-5-3-9(15)12-4-6-13/h8H,3-7H2,1-2H3,(H,12,15)(H,16,17). The summed E-state index contributed by atoms with van der Waals surface area (Å²) in [4.78, 5) is 36.9. The molecule has 0 aromatic carbocycles. The minimum atomic E-state index is -1.04. The number of nitrogens with one attached hydrogen (secondary N) is 1. The van der Waals surface area contributed by atoms with Gasteiger partial charge in [0.1, 0.15) is 6.54 Å². The third-order valence-electron chi connectivity index (χ3n) is 2.76. The third-order valence-corrected chi connectivity index (χ3v) is 2.76. The van der Waals surface area contributed by atoms with E-state index in [0.29, 0.717) is 19.6 Å². The van der Waals surface area contributed by atoms with Gasteiger partial charge in [-0.1, -0.05) is 0 Å². The molecule has 0 aromatic rings. The molecular formula is C11H19N3O4. The number of carbonyl (C=O) groups excluding carboxylic acids is 2. The van der Waals surface area contributed by atoms with Gasteiger partial charge in [0.2, 0.25) is 5.91 Å². The molecule has 0 aromatic heterocycles. The molecule has 1 aliphatic rings. The van der Waals surface area contributed by atoms with Gasteiger partial charge in [-0.05, 0) is 13.8 Å². The molecule has 0 spiro atoms. The molecule has 0 atom stereocenters. The van der Waals surface area contributed by atoms with Gasteiger partial charge in [-0.25, -0.2) is 4.79 Å². The predicted molar refractivity (Wildman–Crippen MR) is 64.1 cm³/mol. The summed E-state index contributed by atoms with van der Waals surface area (Å²) in [5.41, 5.74) is 0. The topological polar surface area (TPSA) is 90.0 Å². The highest BCUT2D eigenvalue weighted by atomic mass is 16.4. The summed E-state index contributed by atoms with van der Waals surface area (Å²) in [5, 5.41) is 11.5. The number of urea groups is 1. The largest absolute Gasteiger partial charge is 0.480 e. The number of carbonyl (C=O) groups is 3. The Morgan fingerprint density at radius 2 is 2.11 bits per heavy atom. The van der Waals surface area contributed by atoms with Crippen molar-refractivity contribution in [3.63, 3.8) is 0 Å². The second-order valence-electron chi connectivity index (χ2n) is 4.48. The number of aliphatic carboxylic acids is 1. The summed E-state index contributed by atoms with van der Waals surface area (Å²) in [6, 6.07) is -0.524. The maximum absolute atomic E-state index is 12.2. The van der Waals surface area contributed by atoms with E-state index in [9.17, 15) is 14.4 Å². The molecule has 102 valence electrons. The zero-order valence-corrected chi connectivity index (χ0v) is 10.7. The summed E-state index contributed by atoms with van der Waals surface area (Å²) < 4.78 is 0. The minimum Gasteiger partial charge on any atom is -0.480 e. The molecule has 0 radical (unpaired) electrons. The zero-order chi connectivity index (χ0) is 13.7. The quantitative estimate of drug-likeness (QED) is 0.728. The van der Waals surface area contributed by atoms with Gasteiger partial charge in [-0.2, -0.15) is 0 Å². The van der Waals surface area contributed by atoms with Crippen molar-refractivity contribution in [3.05, 3.63) is 0 Å². The number of hydrogen-bond donors (Lipinski definition) is 2. The van der Waals surface area contributed by atoms with Crippen LogP contribution in [0.4, 0.5) is 4.79 Å². The number of carboxylic acid groups (broad SMARTS) is 1. The minimum absolute atomic E-state index is 0.0837. The fraction of sp³-hybridized carbons (Fsp3) is 0.727. The van der Waals surface area contributed by atoms with Crippen LogP contribution >= 0.6 is 0 Å². The number of amides is 3. The predicted octanol–water partition coefficient (Wildman–Crippen LogP) is -0.277. The van der Waals surface area contributed by atoms with E-state index in [4.69, 9.17) is 5.11 Å². The molecule has 0 saturated carbocycles. The average molecular weight is 257 g/mol. The van der Waals surface area contributed by atoms with Gasteiger partial charge >= 0.3 is 12.0 Å². The van der Waals surface area contributed by atoms with Crippen molar-refractivity contribution in [2.24, 2.45) is 0 Å². The smallest absolute Gasteiger partial charge is 0.323 e. The van der Waals surface area contributed by atoms with Crippen LogP contribution in [-0.4, -0.2) is 65.0 Å². The van der Waals surface area contributed by atoms with Crippen molar-refractivity contribution in [1.82, 2.24) is 15.1 Å². The maximum Gasteiger partial charge on any atom is 0.323 e. The van der Waals surface area contributed by atoms with E-state index in [1.165, 1.54) is 9.80 Å². The molecule has 1 saturated heterocycles. The Hall–Kier alpha value is -1.79. The van der Waals surface area contributed by atoms with Gasteiger partial charge in [0.05, 0.1) is 0 Å². The van der Waals surface area contributed by atoms with Crippen LogP contribution in [0.25, 0.3) is 0 Å². The number of carboxylic acids is 1. The Morgan fingerprint density at radius 3 is 2.67 bits per heavy atom. The second kappa shape index (κ2) is 6.23. The van der Waals surface area contributed by atoms with E-state index >= 15 is 0 Å². The summed E-state index contributed by atoms with van der Waals surface area (Å²) >= 11 is 0. The molecule has 7 heteroatoms. The van der Waals surface area contributed by atoms with Gasteiger partial charge in [0, 0.05) is 32.1 Å². The Kier molecular flexibility index (Phi) is 4.94. The molecule has 1 heterocycles. The van der Waals surface area contributed by atoms with Crippen LogP contribution in [0.1, 0.15) is 20.3 Å². The summed E-state index contributed by atoms with van der Waals surface area (Å²) in [6.07, 6.45) is 0.255. The Bertz CT molecular complexity index is 343. The van der Waals surface area contributed by atoms with Crippen LogP contribution in [0.15, 0.2) is 0 Å². The number of hydrogen-bond acceptors (Lipinski definition) is 3. The van der Waals surface area contributed by atoms with Gasteiger partial charge in [0.15, 0.2) is 0 Å². The molecule has 0 unspecified atom stereocenters. The van der Waals surface area contributed by atoms with E-state index in [-0.39, 0.29) is 30.9 Å². The molecule has 1 fully saturated rings. The Labute approximate surface area is 106 Å². The van der Waals surface area contributed by atoms with Gasteiger partial charge in [-0.15, -0.1) is 0 Å². The molecular weight excluding hydrogens is 238 g/mol. The first-order chi connectivity index (χ1) is 8.41. The molecule has 7 nitrogen and oxygen atoms in total. The van der Waals surface area contributed by atoms with Gasteiger partial charge in [0.25, 0.3) is 0 Å². The molecule has 2 N–H and O–H groups in total. The van der Waals surface area contributed by atoms with Crippen LogP contribution in [0.5, 0.6) is 0 Å². The number of rotatable bonds is 3. The Morgan fingerprint density at radius 1 is 1.44 bits per heavy atom. The van der Waals surface area contributed by atoms with Crippen LogP contribution < -0.4 is 5.32 Å². The van der Waals surface area contributed by atoms with Crippen LogP contribution in [0.3, 0.4) is 0 Å². The molecule has 1 rings (SSSR count). The summed E-state index contributed by atoms with van der Waals surface area (Å²) in [5.74, 6) is -1.12. The van der Waals surface area contributed by atoms with Crippen molar-refractivity contribution in [2.45, 2.75) is 26.3 Å². The zero-order valence-electron chi connectivity index (χ0n) is 10.7. The fourth-order valence-electron chi connectivity index (χ4n) is 1.76. The van der Waals surface area contributed by atoms with Crippen LogP contribution in [0.2, 0.25) is 0 Å². The Balaban J connectivity index is 2.69. The highest BCUT2D eigenvalue weighted by molar-refractivity contribution is 5.82. The van der Waals surface area contributed by atoms with E-state index in [1.54, 1.807) is 13.8 Å². The molecule has 0 bridgehead atoms. The van der Waals surface area contributed by atoms with Crippen molar-refractivity contribution in [3.8, 4) is 0 Å². The second-order valence-corrected chi connectivity index (χ2v) is 4.48. The molecule has 1 aliphatic heterocycles. The van der Waals surface area contributed by atoms with Crippen LogP contribution in [0, 0.1) is 0 Å². The van der Waals surface area contributed by atoms with E-state index in [1.807, 2.05) is 0 Å². The lowest BCUT2D eigenvalue weighted by atomic mass is 10.3. The normalized spacial score (nSPS) is 16.2. The third kappa shape index (κ3) is 3.90. The van der Waals surface area contributed by atoms with Crippen molar-refractivity contribution < 1.29 is 19.5 Å². The van der Waals surface area contributed by atoms with Crippen molar-refractivity contribution >= 4 is 17.9 Å². The van der Waals surface area contributed by atoms with E-state index < -0.39 is 5.97 Å². The first-order valence-electron chi connectivity index (χ1n) is 5.96. The highest BCUT2D eigenvalue weighted by Gasteiger charge is 2.26. The fourth-order valence-corrected chi connectivity index (χ4v) is 1.76.